The van der Waals surface area contributed by atoms with Crippen LogP contribution in [0.3, 0.4) is 0 Å². The van der Waals surface area contributed by atoms with Crippen molar-refractivity contribution in [1.29, 1.82) is 0 Å². The number of halogens is 1. The van der Waals surface area contributed by atoms with Gasteiger partial charge in [-0.3, -0.25) is 9.59 Å². The van der Waals surface area contributed by atoms with Gasteiger partial charge in [-0.1, -0.05) is 0 Å². The molecule has 2 N–H and O–H groups in total. The van der Waals surface area contributed by atoms with Crippen molar-refractivity contribution in [2.75, 3.05) is 28.6 Å². The maximum absolute atomic E-state index is 14.2. The van der Waals surface area contributed by atoms with Gasteiger partial charge in [-0.15, -0.1) is 0 Å². The van der Waals surface area contributed by atoms with Crippen LogP contribution in [-0.2, 0) is 4.79 Å². The molecule has 0 bridgehead atoms. The lowest BCUT2D eigenvalue weighted by molar-refractivity contribution is -0.120. The van der Waals surface area contributed by atoms with Crippen LogP contribution in [0.1, 0.15) is 29.0 Å². The smallest absolute Gasteiger partial charge is 0.259 e. The highest BCUT2D eigenvalue weighted by Crippen LogP contribution is 2.24. The fourth-order valence-electron chi connectivity index (χ4n) is 3.58. The van der Waals surface area contributed by atoms with Gasteiger partial charge < -0.3 is 20.0 Å². The van der Waals surface area contributed by atoms with Crippen LogP contribution in [0.5, 0.6) is 0 Å². The number of aromatic nitrogens is 2. The predicted octanol–water partition coefficient (Wildman–Crippen LogP) is 3.62. The number of anilines is 3. The van der Waals surface area contributed by atoms with Crippen molar-refractivity contribution in [3.05, 3.63) is 66.1 Å². The summed E-state index contributed by atoms with van der Waals surface area (Å²) in [5, 5.41) is 5.35. The molecule has 3 heterocycles. The first-order valence-electron chi connectivity index (χ1n) is 9.99. The summed E-state index contributed by atoms with van der Waals surface area (Å²) in [7, 11) is 0. The Labute approximate surface area is 178 Å². The van der Waals surface area contributed by atoms with E-state index in [1.165, 1.54) is 30.5 Å². The monoisotopic (exact) mass is 423 g/mol. The van der Waals surface area contributed by atoms with E-state index in [-0.39, 0.29) is 17.5 Å². The second-order valence-corrected chi connectivity index (χ2v) is 7.36. The lowest BCUT2D eigenvalue weighted by Crippen LogP contribution is -2.41. The highest BCUT2D eigenvalue weighted by Gasteiger charge is 2.27. The number of hydrogen-bond acceptors (Lipinski definition) is 6. The van der Waals surface area contributed by atoms with E-state index in [0.717, 1.165) is 19.4 Å². The number of rotatable bonds is 5. The van der Waals surface area contributed by atoms with Gasteiger partial charge in [0.05, 0.1) is 23.4 Å². The molecule has 1 saturated heterocycles. The molecule has 3 aromatic rings. The molecular formula is C22H22FN5O3. The molecule has 4 rings (SSSR count). The van der Waals surface area contributed by atoms with Gasteiger partial charge in [-0.25, -0.2) is 14.4 Å². The van der Waals surface area contributed by atoms with Crippen molar-refractivity contribution < 1.29 is 18.4 Å². The number of hydrogen-bond donors (Lipinski definition) is 2. The quantitative estimate of drug-likeness (QED) is 0.650. The van der Waals surface area contributed by atoms with Gasteiger partial charge in [0.15, 0.2) is 0 Å². The third kappa shape index (κ3) is 4.71. The van der Waals surface area contributed by atoms with Gasteiger partial charge >= 0.3 is 0 Å². The molecule has 1 aromatic carbocycles. The van der Waals surface area contributed by atoms with E-state index in [1.54, 1.807) is 25.4 Å². The van der Waals surface area contributed by atoms with Gasteiger partial charge in [0, 0.05) is 31.2 Å². The Kier molecular flexibility index (Phi) is 5.92. The normalized spacial score (nSPS) is 16.1. The van der Waals surface area contributed by atoms with E-state index in [0.29, 0.717) is 29.5 Å². The Morgan fingerprint density at radius 2 is 2.00 bits per heavy atom. The van der Waals surface area contributed by atoms with E-state index in [2.05, 4.69) is 20.6 Å². The molecular weight excluding hydrogens is 401 g/mol. The maximum atomic E-state index is 14.2. The van der Waals surface area contributed by atoms with Gasteiger partial charge in [0.2, 0.25) is 11.9 Å². The van der Waals surface area contributed by atoms with E-state index in [4.69, 9.17) is 4.42 Å². The van der Waals surface area contributed by atoms with E-state index in [9.17, 15) is 14.0 Å². The first-order chi connectivity index (χ1) is 15.0. The van der Waals surface area contributed by atoms with Gasteiger partial charge in [-0.2, -0.15) is 0 Å². The predicted molar refractivity (Wildman–Crippen MR) is 113 cm³/mol. The maximum Gasteiger partial charge on any atom is 0.259 e. The largest absolute Gasteiger partial charge is 0.469 e. The molecule has 0 spiro atoms. The Bertz CT molecular complexity index is 1090. The number of piperidine rings is 1. The molecule has 31 heavy (non-hydrogen) atoms. The molecule has 1 unspecified atom stereocenters. The molecule has 0 saturated carbocycles. The molecule has 2 aromatic heterocycles. The van der Waals surface area contributed by atoms with Gasteiger partial charge in [0.1, 0.15) is 11.6 Å². The number of aryl methyl sites for hydroxylation is 1. The lowest BCUT2D eigenvalue weighted by Gasteiger charge is -2.31. The molecule has 0 radical (unpaired) electrons. The minimum Gasteiger partial charge on any atom is -0.469 e. The second kappa shape index (κ2) is 8.95. The Morgan fingerprint density at radius 1 is 1.19 bits per heavy atom. The minimum absolute atomic E-state index is 0.0219. The van der Waals surface area contributed by atoms with E-state index < -0.39 is 11.7 Å². The van der Waals surface area contributed by atoms with Crippen LogP contribution in [0, 0.1) is 18.7 Å². The van der Waals surface area contributed by atoms with Crippen LogP contribution >= 0.6 is 0 Å². The number of carbonyl (C=O) groups is 2. The Hall–Kier alpha value is -3.75. The highest BCUT2D eigenvalue weighted by molar-refractivity contribution is 6.05. The first kappa shape index (κ1) is 20.5. The van der Waals surface area contributed by atoms with Gasteiger partial charge in [-0.05, 0) is 50.1 Å². The molecule has 2 amide bonds. The topological polar surface area (TPSA) is 100 Å². The third-order valence-corrected chi connectivity index (χ3v) is 5.21. The zero-order valence-electron chi connectivity index (χ0n) is 17.0. The average molecular weight is 423 g/mol. The summed E-state index contributed by atoms with van der Waals surface area (Å²) in [4.78, 5) is 35.7. The number of nitrogens with one attached hydrogen (secondary N) is 2. The summed E-state index contributed by atoms with van der Waals surface area (Å²) in [6.45, 7) is 2.93. The standard InChI is InChI=1S/C22H22FN5O3/c1-14-17(7-11-31-14)21(30)27-19-12-16(5-6-18(19)23)26-20(29)15-4-2-10-28(13-15)22-24-8-3-9-25-22/h3,5-9,11-12,15H,2,4,10,13H2,1H3,(H,26,29)(H,27,30). The van der Waals surface area contributed by atoms with Crippen LogP contribution in [0.15, 0.2) is 53.4 Å². The summed E-state index contributed by atoms with van der Waals surface area (Å²) in [5.74, 6) is -0.477. The van der Waals surface area contributed by atoms with E-state index >= 15 is 0 Å². The van der Waals surface area contributed by atoms with Crippen molar-refractivity contribution in [1.82, 2.24) is 9.97 Å². The number of amides is 2. The van der Waals surface area contributed by atoms with Crippen LogP contribution in [0.2, 0.25) is 0 Å². The van der Waals surface area contributed by atoms with Gasteiger partial charge in [0.25, 0.3) is 5.91 Å². The van der Waals surface area contributed by atoms with Crippen molar-refractivity contribution in [2.45, 2.75) is 19.8 Å². The zero-order chi connectivity index (χ0) is 21.8. The minimum atomic E-state index is -0.599. The second-order valence-electron chi connectivity index (χ2n) is 7.36. The molecule has 8 nitrogen and oxygen atoms in total. The molecule has 160 valence electrons. The van der Waals surface area contributed by atoms with E-state index in [1.807, 2.05) is 4.90 Å². The summed E-state index contributed by atoms with van der Waals surface area (Å²) in [6, 6.07) is 7.34. The number of carbonyl (C=O) groups excluding carboxylic acids is 2. The SMILES string of the molecule is Cc1occc1C(=O)Nc1cc(NC(=O)C2CCCN(c3ncccn3)C2)ccc1F. The zero-order valence-corrected chi connectivity index (χ0v) is 17.0. The third-order valence-electron chi connectivity index (χ3n) is 5.21. The van der Waals surface area contributed by atoms with Crippen molar-refractivity contribution >= 4 is 29.1 Å². The van der Waals surface area contributed by atoms with Crippen molar-refractivity contribution in [2.24, 2.45) is 5.92 Å². The molecule has 9 heteroatoms. The van der Waals surface area contributed by atoms with Crippen LogP contribution in [0.25, 0.3) is 0 Å². The first-order valence-corrected chi connectivity index (χ1v) is 9.99. The molecule has 0 aliphatic carbocycles. The highest BCUT2D eigenvalue weighted by atomic mass is 19.1. The number of benzene rings is 1. The summed E-state index contributed by atoms with van der Waals surface area (Å²) >= 11 is 0. The fraction of sp³-hybridized carbons (Fsp3) is 0.273. The summed E-state index contributed by atoms with van der Waals surface area (Å²) in [5.41, 5.74) is 0.698. The Morgan fingerprint density at radius 3 is 2.74 bits per heavy atom. The fourth-order valence-corrected chi connectivity index (χ4v) is 3.58. The number of furan rings is 1. The molecule has 1 aliphatic heterocycles. The van der Waals surface area contributed by atoms with Crippen LogP contribution in [-0.4, -0.2) is 34.9 Å². The number of nitrogens with zero attached hydrogens (tertiary/aromatic N) is 3. The molecule has 1 aliphatic rings. The molecule has 1 atom stereocenters. The average Bonchev–Trinajstić information content (AvgIpc) is 3.23. The van der Waals surface area contributed by atoms with Crippen LogP contribution < -0.4 is 15.5 Å². The van der Waals surface area contributed by atoms with Crippen molar-refractivity contribution in [3.8, 4) is 0 Å². The Balaban J connectivity index is 1.43. The van der Waals surface area contributed by atoms with Crippen molar-refractivity contribution in [3.63, 3.8) is 0 Å². The lowest BCUT2D eigenvalue weighted by atomic mass is 9.97. The summed E-state index contributed by atoms with van der Waals surface area (Å²) in [6.07, 6.45) is 6.31. The van der Waals surface area contributed by atoms with Crippen LogP contribution in [0.4, 0.5) is 21.7 Å². The molecule has 1 fully saturated rings. The summed E-state index contributed by atoms with van der Waals surface area (Å²) < 4.78 is 19.3.